The molecule has 6 nitrogen and oxygen atoms in total. The van der Waals surface area contributed by atoms with Crippen molar-refractivity contribution in [2.75, 3.05) is 19.6 Å². The molecule has 1 aliphatic carbocycles. The van der Waals surface area contributed by atoms with Gasteiger partial charge in [0.1, 0.15) is 0 Å². The summed E-state index contributed by atoms with van der Waals surface area (Å²) in [5, 5.41) is 16.0. The van der Waals surface area contributed by atoms with Crippen molar-refractivity contribution in [2.24, 2.45) is 5.92 Å². The highest BCUT2D eigenvalue weighted by atomic mass is 32.1. The van der Waals surface area contributed by atoms with E-state index in [1.807, 2.05) is 0 Å². The summed E-state index contributed by atoms with van der Waals surface area (Å²) in [6, 6.07) is 0.462. The van der Waals surface area contributed by atoms with E-state index in [-0.39, 0.29) is 12.3 Å². The van der Waals surface area contributed by atoms with E-state index in [0.29, 0.717) is 30.8 Å². The molecule has 0 aromatic carbocycles. The third kappa shape index (κ3) is 4.84. The van der Waals surface area contributed by atoms with Crippen molar-refractivity contribution in [3.05, 3.63) is 0 Å². The van der Waals surface area contributed by atoms with Crippen LogP contribution in [0.3, 0.4) is 0 Å². The number of thiocarbonyl (C=S) groups is 1. The first kappa shape index (κ1) is 16.0. The maximum Gasteiger partial charge on any atom is 0.308 e. The molecule has 118 valence electrons. The first-order valence-corrected chi connectivity index (χ1v) is 8.02. The Kier molecular flexibility index (Phi) is 5.78. The van der Waals surface area contributed by atoms with E-state index in [1.54, 1.807) is 4.90 Å². The lowest BCUT2D eigenvalue weighted by atomic mass is 9.96. The summed E-state index contributed by atoms with van der Waals surface area (Å²) >= 11 is 5.25. The zero-order valence-corrected chi connectivity index (χ0v) is 13.0. The number of carboxylic acids is 1. The van der Waals surface area contributed by atoms with E-state index in [4.69, 9.17) is 17.3 Å². The number of hydrogen-bond acceptors (Lipinski definition) is 3. The number of hydrogen-bond donors (Lipinski definition) is 3. The molecule has 7 heteroatoms. The van der Waals surface area contributed by atoms with Crippen molar-refractivity contribution < 1.29 is 14.7 Å². The highest BCUT2D eigenvalue weighted by Gasteiger charge is 2.33. The molecule has 1 unspecified atom stereocenters. The van der Waals surface area contributed by atoms with E-state index in [1.165, 1.54) is 19.3 Å². The van der Waals surface area contributed by atoms with Gasteiger partial charge in [0.05, 0.1) is 5.92 Å². The van der Waals surface area contributed by atoms with Crippen LogP contribution in [0, 0.1) is 5.92 Å². The molecule has 1 saturated heterocycles. The van der Waals surface area contributed by atoms with Crippen LogP contribution in [-0.4, -0.2) is 52.7 Å². The van der Waals surface area contributed by atoms with Crippen LogP contribution in [0.25, 0.3) is 0 Å². The Morgan fingerprint density at radius 2 is 2.05 bits per heavy atom. The molecule has 0 spiro atoms. The molecular weight excluding hydrogens is 290 g/mol. The minimum Gasteiger partial charge on any atom is -0.481 e. The maximum atomic E-state index is 11.7. The Labute approximate surface area is 130 Å². The van der Waals surface area contributed by atoms with Crippen LogP contribution in [0.5, 0.6) is 0 Å². The molecule has 1 heterocycles. The molecule has 0 bridgehead atoms. The van der Waals surface area contributed by atoms with Gasteiger partial charge in [-0.2, -0.15) is 0 Å². The number of carbonyl (C=O) groups is 2. The van der Waals surface area contributed by atoms with Crippen LogP contribution in [0.1, 0.15) is 38.5 Å². The average molecular weight is 313 g/mol. The highest BCUT2D eigenvalue weighted by molar-refractivity contribution is 7.80. The molecule has 2 aliphatic rings. The smallest absolute Gasteiger partial charge is 0.308 e. The molecule has 3 N–H and O–H groups in total. The predicted octanol–water partition coefficient (Wildman–Crippen LogP) is 0.716. The lowest BCUT2D eigenvalue weighted by Gasteiger charge is -2.25. The Morgan fingerprint density at radius 1 is 1.33 bits per heavy atom. The molecule has 2 fully saturated rings. The quantitative estimate of drug-likeness (QED) is 0.649. The fourth-order valence-electron chi connectivity index (χ4n) is 2.94. The van der Waals surface area contributed by atoms with Gasteiger partial charge in [-0.15, -0.1) is 0 Å². The summed E-state index contributed by atoms with van der Waals surface area (Å²) in [7, 11) is 0. The first-order valence-electron chi connectivity index (χ1n) is 7.61. The lowest BCUT2D eigenvalue weighted by Crippen LogP contribution is -2.45. The monoisotopic (exact) mass is 313 g/mol. The number of rotatable bonds is 5. The van der Waals surface area contributed by atoms with Gasteiger partial charge in [-0.1, -0.05) is 19.3 Å². The van der Waals surface area contributed by atoms with Crippen molar-refractivity contribution >= 4 is 29.2 Å². The maximum absolute atomic E-state index is 11.7. The van der Waals surface area contributed by atoms with E-state index in [9.17, 15) is 9.59 Å². The van der Waals surface area contributed by atoms with Crippen molar-refractivity contribution in [1.29, 1.82) is 0 Å². The fourth-order valence-corrected chi connectivity index (χ4v) is 3.21. The van der Waals surface area contributed by atoms with Crippen LogP contribution in [-0.2, 0) is 9.59 Å². The van der Waals surface area contributed by atoms with Crippen LogP contribution in [0.2, 0.25) is 0 Å². The largest absolute Gasteiger partial charge is 0.481 e. The fraction of sp³-hybridized carbons (Fsp3) is 0.786. The molecular formula is C14H23N3O3S. The minimum absolute atomic E-state index is 0.0876. The van der Waals surface area contributed by atoms with Crippen molar-refractivity contribution in [1.82, 2.24) is 15.5 Å². The number of likely N-dealkylation sites (tertiary alicyclic amines) is 1. The van der Waals surface area contributed by atoms with Gasteiger partial charge in [-0.3, -0.25) is 9.59 Å². The molecule has 21 heavy (non-hydrogen) atoms. The van der Waals surface area contributed by atoms with Gasteiger partial charge in [-0.05, 0) is 25.1 Å². The van der Waals surface area contributed by atoms with Crippen molar-refractivity contribution in [3.63, 3.8) is 0 Å². The van der Waals surface area contributed by atoms with Gasteiger partial charge in [0.25, 0.3) is 0 Å². The lowest BCUT2D eigenvalue weighted by molar-refractivity contribution is -0.141. The average Bonchev–Trinajstić information content (AvgIpc) is 2.82. The van der Waals surface area contributed by atoms with Crippen LogP contribution in [0.4, 0.5) is 0 Å². The molecule has 2 rings (SSSR count). The number of amides is 1. The minimum atomic E-state index is -0.895. The number of nitrogens with zero attached hydrogens (tertiary/aromatic N) is 1. The Morgan fingerprint density at radius 3 is 2.67 bits per heavy atom. The van der Waals surface area contributed by atoms with Crippen molar-refractivity contribution in [3.8, 4) is 0 Å². The Balaban J connectivity index is 1.63. The summed E-state index contributed by atoms with van der Waals surface area (Å²) in [5.41, 5.74) is 0. The van der Waals surface area contributed by atoms with Gasteiger partial charge in [-0.25, -0.2) is 0 Å². The van der Waals surface area contributed by atoms with E-state index in [0.717, 1.165) is 12.8 Å². The van der Waals surface area contributed by atoms with Crippen LogP contribution >= 0.6 is 12.2 Å². The Bertz CT molecular complexity index is 410. The molecule has 1 atom stereocenters. The van der Waals surface area contributed by atoms with Crippen molar-refractivity contribution in [2.45, 2.75) is 44.6 Å². The topological polar surface area (TPSA) is 81.7 Å². The molecule has 0 aromatic rings. The summed E-state index contributed by atoms with van der Waals surface area (Å²) in [5.74, 6) is -1.55. The highest BCUT2D eigenvalue weighted by Crippen LogP contribution is 2.18. The summed E-state index contributed by atoms with van der Waals surface area (Å²) in [6.07, 6.45) is 6.23. The zero-order chi connectivity index (χ0) is 15.2. The standard InChI is InChI=1S/C14H23N3O3S/c18-12-8-10(13(19)20)9-17(12)7-6-15-14(21)16-11-4-2-1-3-5-11/h10-11H,1-9H2,(H,19,20)(H2,15,16,21). The summed E-state index contributed by atoms with van der Waals surface area (Å²) in [4.78, 5) is 24.1. The SMILES string of the molecule is O=C(O)C1CC(=O)N(CCNC(=S)NC2CCCCC2)C1. The van der Waals surface area contributed by atoms with Gasteiger partial charge in [0, 0.05) is 32.1 Å². The number of carbonyl (C=O) groups excluding carboxylic acids is 1. The van der Waals surface area contributed by atoms with E-state index in [2.05, 4.69) is 10.6 Å². The second-order valence-corrected chi connectivity index (χ2v) is 6.22. The van der Waals surface area contributed by atoms with Gasteiger partial charge in [0.15, 0.2) is 5.11 Å². The number of aliphatic carboxylic acids is 1. The van der Waals surface area contributed by atoms with Crippen LogP contribution < -0.4 is 10.6 Å². The van der Waals surface area contributed by atoms with Gasteiger partial charge < -0.3 is 20.6 Å². The van der Waals surface area contributed by atoms with E-state index >= 15 is 0 Å². The Hall–Kier alpha value is -1.37. The molecule has 1 aliphatic heterocycles. The normalized spacial score (nSPS) is 23.1. The second-order valence-electron chi connectivity index (χ2n) is 5.81. The third-order valence-electron chi connectivity index (χ3n) is 4.17. The molecule has 0 radical (unpaired) electrons. The zero-order valence-electron chi connectivity index (χ0n) is 12.1. The summed E-state index contributed by atoms with van der Waals surface area (Å²) < 4.78 is 0. The van der Waals surface area contributed by atoms with Gasteiger partial charge >= 0.3 is 5.97 Å². The number of nitrogens with one attached hydrogen (secondary N) is 2. The molecule has 1 saturated carbocycles. The summed E-state index contributed by atoms with van der Waals surface area (Å²) in [6.45, 7) is 1.35. The third-order valence-corrected chi connectivity index (χ3v) is 4.43. The second kappa shape index (κ2) is 7.59. The van der Waals surface area contributed by atoms with Crippen LogP contribution in [0.15, 0.2) is 0 Å². The molecule has 1 amide bonds. The number of carboxylic acid groups (broad SMARTS) is 1. The predicted molar refractivity (Wildman–Crippen MR) is 82.9 cm³/mol. The molecule has 0 aromatic heterocycles. The first-order chi connectivity index (χ1) is 10.1. The van der Waals surface area contributed by atoms with Gasteiger partial charge in [0.2, 0.25) is 5.91 Å². The van der Waals surface area contributed by atoms with E-state index < -0.39 is 11.9 Å².